The van der Waals surface area contributed by atoms with Gasteiger partial charge in [-0.05, 0) is 25.3 Å². The third kappa shape index (κ3) is 7.32. The molecular formula is C19H26F3N5. The topological polar surface area (TPSA) is 56.3 Å². The maximum absolute atomic E-state index is 12.2. The second-order valence-electron chi connectivity index (χ2n) is 6.27. The Morgan fingerprint density at radius 2 is 1.96 bits per heavy atom. The fraction of sp³-hybridized carbons (Fsp3) is 0.474. The van der Waals surface area contributed by atoms with E-state index in [2.05, 4.69) is 20.3 Å². The van der Waals surface area contributed by atoms with Crippen molar-refractivity contribution in [2.75, 3.05) is 20.1 Å². The van der Waals surface area contributed by atoms with Gasteiger partial charge in [-0.15, -0.1) is 0 Å². The number of aromatic nitrogens is 2. The van der Waals surface area contributed by atoms with Crippen LogP contribution in [-0.2, 0) is 6.54 Å². The monoisotopic (exact) mass is 381 g/mol. The van der Waals surface area contributed by atoms with Gasteiger partial charge in [0.1, 0.15) is 5.82 Å². The van der Waals surface area contributed by atoms with Crippen molar-refractivity contribution < 1.29 is 13.2 Å². The van der Waals surface area contributed by atoms with E-state index in [9.17, 15) is 13.2 Å². The number of alkyl halides is 3. The number of benzene rings is 1. The van der Waals surface area contributed by atoms with Gasteiger partial charge in [-0.25, -0.2) is 4.98 Å². The van der Waals surface area contributed by atoms with Crippen LogP contribution in [0.25, 0.3) is 11.3 Å². The zero-order valence-corrected chi connectivity index (χ0v) is 15.7. The molecule has 8 heteroatoms. The summed E-state index contributed by atoms with van der Waals surface area (Å²) in [7, 11) is 1.88. The largest absolute Gasteiger partial charge is 0.389 e. The first-order valence-electron chi connectivity index (χ1n) is 9.04. The Hall–Kier alpha value is -2.51. The minimum atomic E-state index is -4.10. The average Bonchev–Trinajstić information content (AvgIpc) is 3.09. The minimum absolute atomic E-state index is 0.0920. The zero-order chi connectivity index (χ0) is 19.7. The van der Waals surface area contributed by atoms with Crippen LogP contribution < -0.4 is 5.32 Å². The number of aliphatic imine (C=N–C) groups is 1. The summed E-state index contributed by atoms with van der Waals surface area (Å²) in [5, 5.41) is 3.16. The molecule has 1 aromatic carbocycles. The van der Waals surface area contributed by atoms with Gasteiger partial charge >= 0.3 is 6.18 Å². The summed E-state index contributed by atoms with van der Waals surface area (Å²) in [6, 6.07) is 9.91. The van der Waals surface area contributed by atoms with E-state index in [1.807, 2.05) is 49.2 Å². The molecule has 5 nitrogen and oxygen atoms in total. The van der Waals surface area contributed by atoms with Gasteiger partial charge in [0.2, 0.25) is 0 Å². The van der Waals surface area contributed by atoms with E-state index in [0.717, 1.165) is 17.1 Å². The lowest BCUT2D eigenvalue weighted by atomic mass is 10.2. The fourth-order valence-electron chi connectivity index (χ4n) is 2.60. The first-order chi connectivity index (χ1) is 12.9. The van der Waals surface area contributed by atoms with E-state index < -0.39 is 12.6 Å². The highest BCUT2D eigenvalue weighted by Crippen LogP contribution is 2.22. The smallest absolute Gasteiger partial charge is 0.357 e. The molecule has 0 aliphatic carbocycles. The standard InChI is InChI=1S/C19H26F3N5/c1-3-23-18(24-12-8-7-11-19(20,21)22)27(2)14-17-25-13-16(26-17)15-9-5-4-6-10-15/h4-6,9-10,13H,3,7-8,11-12,14H2,1-2H3,(H,23,24)(H,25,26). The first kappa shape index (κ1) is 20.8. The Labute approximate surface area is 157 Å². The van der Waals surface area contributed by atoms with E-state index in [1.165, 1.54) is 0 Å². The molecule has 0 aliphatic heterocycles. The van der Waals surface area contributed by atoms with Crippen molar-refractivity contribution in [1.82, 2.24) is 20.2 Å². The Morgan fingerprint density at radius 3 is 2.63 bits per heavy atom. The second kappa shape index (κ2) is 9.99. The summed E-state index contributed by atoms with van der Waals surface area (Å²) in [5.74, 6) is 1.45. The molecule has 0 spiro atoms. The Morgan fingerprint density at radius 1 is 1.22 bits per heavy atom. The molecule has 1 heterocycles. The molecule has 1 aromatic heterocycles. The number of rotatable bonds is 8. The van der Waals surface area contributed by atoms with Crippen molar-refractivity contribution in [1.29, 1.82) is 0 Å². The predicted octanol–water partition coefficient (Wildman–Crippen LogP) is 4.21. The van der Waals surface area contributed by atoms with E-state index in [0.29, 0.717) is 32.0 Å². The van der Waals surface area contributed by atoms with Crippen LogP contribution in [0.4, 0.5) is 13.2 Å². The molecule has 148 valence electrons. The molecule has 0 saturated heterocycles. The minimum Gasteiger partial charge on any atom is -0.357 e. The van der Waals surface area contributed by atoms with Crippen molar-refractivity contribution in [2.45, 2.75) is 38.9 Å². The van der Waals surface area contributed by atoms with Crippen molar-refractivity contribution in [3.63, 3.8) is 0 Å². The molecule has 0 radical (unpaired) electrons. The highest BCUT2D eigenvalue weighted by atomic mass is 19.4. The Balaban J connectivity index is 1.91. The van der Waals surface area contributed by atoms with E-state index in [1.54, 1.807) is 6.20 Å². The number of imidazole rings is 1. The average molecular weight is 381 g/mol. The summed E-state index contributed by atoms with van der Waals surface area (Å²) in [6.45, 7) is 3.50. The van der Waals surface area contributed by atoms with Crippen molar-refractivity contribution >= 4 is 5.96 Å². The third-order valence-corrected chi connectivity index (χ3v) is 3.93. The van der Waals surface area contributed by atoms with Crippen molar-refractivity contribution in [3.8, 4) is 11.3 Å². The van der Waals surface area contributed by atoms with Crippen LogP contribution in [0.1, 0.15) is 32.0 Å². The lowest BCUT2D eigenvalue weighted by Crippen LogP contribution is -2.38. The third-order valence-electron chi connectivity index (χ3n) is 3.93. The summed E-state index contributed by atoms with van der Waals surface area (Å²) in [6.07, 6.45) is -2.57. The summed E-state index contributed by atoms with van der Waals surface area (Å²) >= 11 is 0. The molecule has 2 N–H and O–H groups in total. The number of guanidine groups is 1. The van der Waals surface area contributed by atoms with Crippen molar-refractivity contribution in [3.05, 3.63) is 42.4 Å². The molecule has 0 fully saturated rings. The lowest BCUT2D eigenvalue weighted by Gasteiger charge is -2.21. The van der Waals surface area contributed by atoms with Gasteiger partial charge in [0.15, 0.2) is 5.96 Å². The Kier molecular flexibility index (Phi) is 7.69. The van der Waals surface area contributed by atoms with Gasteiger partial charge in [0, 0.05) is 26.6 Å². The maximum Gasteiger partial charge on any atom is 0.389 e. The molecule has 2 rings (SSSR count). The van der Waals surface area contributed by atoms with E-state index >= 15 is 0 Å². The second-order valence-corrected chi connectivity index (χ2v) is 6.27. The van der Waals surface area contributed by atoms with Crippen LogP contribution in [0.3, 0.4) is 0 Å². The number of hydrogen-bond acceptors (Lipinski definition) is 2. The van der Waals surface area contributed by atoms with Gasteiger partial charge in [-0.2, -0.15) is 13.2 Å². The van der Waals surface area contributed by atoms with Crippen LogP contribution in [0.2, 0.25) is 0 Å². The Bertz CT molecular complexity index is 710. The quantitative estimate of drug-likeness (QED) is 0.409. The number of nitrogens with zero attached hydrogens (tertiary/aromatic N) is 3. The van der Waals surface area contributed by atoms with E-state index in [4.69, 9.17) is 0 Å². The summed E-state index contributed by atoms with van der Waals surface area (Å²) in [5.41, 5.74) is 2.00. The predicted molar refractivity (Wildman–Crippen MR) is 101 cm³/mol. The summed E-state index contributed by atoms with van der Waals surface area (Å²) < 4.78 is 36.6. The van der Waals surface area contributed by atoms with Gasteiger partial charge in [0.05, 0.1) is 18.4 Å². The zero-order valence-electron chi connectivity index (χ0n) is 15.7. The molecule has 0 amide bonds. The molecule has 0 saturated carbocycles. The molecule has 0 atom stereocenters. The summed E-state index contributed by atoms with van der Waals surface area (Å²) in [4.78, 5) is 14.0. The molecule has 2 aromatic rings. The first-order valence-corrected chi connectivity index (χ1v) is 9.04. The van der Waals surface area contributed by atoms with Crippen LogP contribution >= 0.6 is 0 Å². The van der Waals surface area contributed by atoms with Gasteiger partial charge in [-0.3, -0.25) is 4.99 Å². The molecule has 0 aliphatic rings. The van der Waals surface area contributed by atoms with Gasteiger partial charge in [-0.1, -0.05) is 30.3 Å². The highest BCUT2D eigenvalue weighted by Gasteiger charge is 2.25. The normalized spacial score (nSPS) is 12.3. The molecular weight excluding hydrogens is 355 g/mol. The SMILES string of the molecule is CCNC(=NCCCCC(F)(F)F)N(C)Cc1ncc(-c2ccccc2)[nH]1. The van der Waals surface area contributed by atoms with Crippen molar-refractivity contribution in [2.24, 2.45) is 4.99 Å². The number of halogens is 3. The van der Waals surface area contributed by atoms with Gasteiger partial charge < -0.3 is 15.2 Å². The van der Waals surface area contributed by atoms with Gasteiger partial charge in [0.25, 0.3) is 0 Å². The highest BCUT2D eigenvalue weighted by molar-refractivity contribution is 5.79. The van der Waals surface area contributed by atoms with Crippen LogP contribution in [0, 0.1) is 0 Å². The number of H-pyrrole nitrogens is 1. The molecule has 27 heavy (non-hydrogen) atoms. The number of nitrogens with one attached hydrogen (secondary N) is 2. The number of unbranched alkanes of at least 4 members (excludes halogenated alkanes) is 1. The maximum atomic E-state index is 12.2. The fourth-order valence-corrected chi connectivity index (χ4v) is 2.60. The lowest BCUT2D eigenvalue weighted by molar-refractivity contribution is -0.135. The van der Waals surface area contributed by atoms with E-state index in [-0.39, 0.29) is 6.42 Å². The van der Waals surface area contributed by atoms with Crippen LogP contribution in [0.5, 0.6) is 0 Å². The number of aromatic amines is 1. The molecule has 0 unspecified atom stereocenters. The molecule has 0 bridgehead atoms. The van der Waals surface area contributed by atoms with Crippen LogP contribution in [0.15, 0.2) is 41.5 Å². The number of hydrogen-bond donors (Lipinski definition) is 2. The van der Waals surface area contributed by atoms with Crippen LogP contribution in [-0.4, -0.2) is 47.1 Å².